The van der Waals surface area contributed by atoms with E-state index in [1.165, 1.54) is 32.3 Å². The van der Waals surface area contributed by atoms with Gasteiger partial charge in [0.25, 0.3) is 0 Å². The van der Waals surface area contributed by atoms with Gasteiger partial charge in [-0.1, -0.05) is 127 Å². The van der Waals surface area contributed by atoms with Crippen LogP contribution >= 0.6 is 0 Å². The minimum atomic E-state index is 1.08. The van der Waals surface area contributed by atoms with Crippen molar-refractivity contribution in [3.63, 3.8) is 0 Å². The van der Waals surface area contributed by atoms with E-state index >= 15 is 0 Å². The van der Waals surface area contributed by atoms with Crippen LogP contribution in [-0.2, 0) is 0 Å². The summed E-state index contributed by atoms with van der Waals surface area (Å²) in [5, 5.41) is 9.53. The molecule has 270 valence electrons. The van der Waals surface area contributed by atoms with E-state index < -0.39 is 0 Å². The van der Waals surface area contributed by atoms with Crippen LogP contribution in [0.2, 0.25) is 0 Å². The lowest BCUT2D eigenvalue weighted by Crippen LogP contribution is -2.10. The number of hydrogen-bond donors (Lipinski definition) is 0. The van der Waals surface area contributed by atoms with Crippen molar-refractivity contribution in [2.75, 3.05) is 0 Å². The van der Waals surface area contributed by atoms with E-state index in [-0.39, 0.29) is 0 Å². The summed E-state index contributed by atoms with van der Waals surface area (Å²) in [6, 6.07) is 68.5. The van der Waals surface area contributed by atoms with Gasteiger partial charge < -0.3 is 18.3 Å². The summed E-state index contributed by atoms with van der Waals surface area (Å²) in [6.45, 7) is 0. The third kappa shape index (κ3) is 4.11. The van der Waals surface area contributed by atoms with Crippen molar-refractivity contribution in [1.82, 2.24) is 23.3 Å². The van der Waals surface area contributed by atoms with Crippen LogP contribution in [0, 0.1) is 0 Å². The number of pyridine rings is 1. The Balaban J connectivity index is 1.39. The molecule has 13 aromatic rings. The van der Waals surface area contributed by atoms with Gasteiger partial charge in [-0.05, 0) is 60.7 Å². The highest BCUT2D eigenvalue weighted by Gasteiger charge is 2.29. The molecule has 13 rings (SSSR count). The second-order valence-corrected chi connectivity index (χ2v) is 15.2. The summed E-state index contributed by atoms with van der Waals surface area (Å²) < 4.78 is 10.00. The summed E-state index contributed by atoms with van der Waals surface area (Å²) in [6.07, 6.45) is 3.98. The maximum absolute atomic E-state index is 4.83. The first kappa shape index (κ1) is 31.3. The zero-order valence-electron chi connectivity index (χ0n) is 31.3. The Labute approximate surface area is 332 Å². The van der Waals surface area contributed by atoms with Gasteiger partial charge in [0.15, 0.2) is 0 Å². The van der Waals surface area contributed by atoms with Gasteiger partial charge >= 0.3 is 0 Å². The maximum Gasteiger partial charge on any atom is 0.0955 e. The van der Waals surface area contributed by atoms with Crippen molar-refractivity contribution >= 4 is 87.2 Å². The van der Waals surface area contributed by atoms with E-state index in [0.29, 0.717) is 0 Å². The number of aromatic nitrogens is 5. The molecule has 0 radical (unpaired) electrons. The first-order valence-corrected chi connectivity index (χ1v) is 19.8. The van der Waals surface area contributed by atoms with Gasteiger partial charge in [0.05, 0.1) is 61.2 Å². The summed E-state index contributed by atoms with van der Waals surface area (Å²) in [5.74, 6) is 0. The van der Waals surface area contributed by atoms with Crippen LogP contribution in [-0.4, -0.2) is 23.3 Å². The average molecular weight is 740 g/mol. The standard InChI is InChI=1S/C53H33N5/c1-2-16-34(17-3-1)55-48-30-31-54-33-41(48)51-49(55)32-50(56-42-24-10-4-18-35(42)36-19-5-11-25-43(36)56)52(57-44-26-12-6-20-37(44)38-21-7-13-27-45(38)57)53(51)58-46-28-14-8-22-39(46)40-23-9-15-29-47(40)58/h1-33H. The van der Waals surface area contributed by atoms with Crippen molar-refractivity contribution in [1.29, 1.82) is 0 Å². The second-order valence-electron chi connectivity index (χ2n) is 15.2. The van der Waals surface area contributed by atoms with Crippen molar-refractivity contribution in [2.45, 2.75) is 0 Å². The molecule has 0 spiro atoms. The zero-order chi connectivity index (χ0) is 37.9. The molecular weight excluding hydrogens is 707 g/mol. The molecule has 8 aromatic carbocycles. The Hall–Kier alpha value is -7.89. The summed E-state index contributed by atoms with van der Waals surface area (Å²) in [7, 11) is 0. The molecule has 0 amide bonds. The Bertz CT molecular complexity index is 3640. The maximum atomic E-state index is 4.83. The monoisotopic (exact) mass is 739 g/mol. The minimum absolute atomic E-state index is 1.08. The van der Waals surface area contributed by atoms with Gasteiger partial charge in [0.2, 0.25) is 0 Å². The van der Waals surface area contributed by atoms with Gasteiger partial charge in [-0.25, -0.2) is 0 Å². The highest BCUT2D eigenvalue weighted by Crippen LogP contribution is 2.48. The van der Waals surface area contributed by atoms with E-state index in [4.69, 9.17) is 4.98 Å². The highest BCUT2D eigenvalue weighted by molar-refractivity contribution is 6.21. The lowest BCUT2D eigenvalue weighted by Gasteiger charge is -2.24. The SMILES string of the molecule is c1ccc(-n2c3ccncc3c3c(-n4c5ccccc5c5ccccc54)c(-n4c5ccccc5c5ccccc54)c(-n4c5ccccc5c5ccccc54)cc32)cc1. The molecule has 5 heterocycles. The first-order valence-electron chi connectivity index (χ1n) is 19.8. The molecular formula is C53H33N5. The first-order chi connectivity index (χ1) is 28.8. The van der Waals surface area contributed by atoms with Crippen LogP contribution < -0.4 is 0 Å². The van der Waals surface area contributed by atoms with Gasteiger partial charge in [-0.15, -0.1) is 0 Å². The summed E-state index contributed by atoms with van der Waals surface area (Å²) >= 11 is 0. The van der Waals surface area contributed by atoms with Crippen LogP contribution in [0.15, 0.2) is 200 Å². The predicted octanol–water partition coefficient (Wildman–Crippen LogP) is 13.5. The van der Waals surface area contributed by atoms with Crippen molar-refractivity contribution < 1.29 is 0 Å². The Morgan fingerprint density at radius 1 is 0.293 bits per heavy atom. The number of nitrogens with zero attached hydrogens (tertiary/aromatic N) is 5. The summed E-state index contributed by atoms with van der Waals surface area (Å²) in [5.41, 5.74) is 13.5. The fourth-order valence-corrected chi connectivity index (χ4v) is 9.95. The Morgan fingerprint density at radius 3 is 1.14 bits per heavy atom. The Kier molecular flexibility index (Phi) is 6.38. The van der Waals surface area contributed by atoms with E-state index in [9.17, 15) is 0 Å². The number of benzene rings is 8. The van der Waals surface area contributed by atoms with Crippen molar-refractivity contribution in [3.8, 4) is 22.7 Å². The molecule has 5 heteroatoms. The van der Waals surface area contributed by atoms with E-state index in [1.54, 1.807) is 0 Å². The fraction of sp³-hybridized carbons (Fsp3) is 0. The normalized spacial score (nSPS) is 12.1. The van der Waals surface area contributed by atoms with E-state index in [0.717, 1.165) is 77.7 Å². The number of rotatable bonds is 4. The van der Waals surface area contributed by atoms with E-state index in [2.05, 4.69) is 213 Å². The molecule has 0 aliphatic rings. The van der Waals surface area contributed by atoms with E-state index in [1.807, 2.05) is 6.20 Å². The Morgan fingerprint density at radius 2 is 0.672 bits per heavy atom. The number of para-hydroxylation sites is 7. The molecule has 0 atom stereocenters. The van der Waals surface area contributed by atoms with Crippen molar-refractivity contribution in [2.24, 2.45) is 0 Å². The van der Waals surface area contributed by atoms with Crippen LogP contribution in [0.1, 0.15) is 0 Å². The molecule has 58 heavy (non-hydrogen) atoms. The van der Waals surface area contributed by atoms with Gasteiger partial charge in [-0.3, -0.25) is 4.98 Å². The molecule has 0 N–H and O–H groups in total. The second kappa shape index (κ2) is 11.8. The molecule has 0 saturated heterocycles. The van der Waals surface area contributed by atoms with Crippen LogP contribution in [0.4, 0.5) is 0 Å². The summed E-state index contributed by atoms with van der Waals surface area (Å²) in [4.78, 5) is 4.83. The van der Waals surface area contributed by atoms with Gasteiger partial charge in [0, 0.05) is 61.2 Å². The fourth-order valence-electron chi connectivity index (χ4n) is 9.95. The lowest BCUT2D eigenvalue weighted by atomic mass is 10.1. The number of fused-ring (bicyclic) bond motifs is 12. The number of hydrogen-bond acceptors (Lipinski definition) is 1. The van der Waals surface area contributed by atoms with Crippen LogP contribution in [0.3, 0.4) is 0 Å². The molecule has 0 aliphatic carbocycles. The smallest absolute Gasteiger partial charge is 0.0955 e. The lowest BCUT2D eigenvalue weighted by molar-refractivity contribution is 1.06. The van der Waals surface area contributed by atoms with Crippen LogP contribution in [0.25, 0.3) is 110 Å². The predicted molar refractivity (Wildman–Crippen MR) is 242 cm³/mol. The molecule has 0 aliphatic heterocycles. The quantitative estimate of drug-likeness (QED) is 0.177. The van der Waals surface area contributed by atoms with Crippen LogP contribution in [0.5, 0.6) is 0 Å². The molecule has 0 fully saturated rings. The molecule has 0 saturated carbocycles. The van der Waals surface area contributed by atoms with Gasteiger partial charge in [0.1, 0.15) is 0 Å². The van der Waals surface area contributed by atoms with Gasteiger partial charge in [-0.2, -0.15) is 0 Å². The zero-order valence-corrected chi connectivity index (χ0v) is 31.3. The minimum Gasteiger partial charge on any atom is -0.309 e. The molecule has 0 bridgehead atoms. The van der Waals surface area contributed by atoms with Crippen molar-refractivity contribution in [3.05, 3.63) is 200 Å². The topological polar surface area (TPSA) is 32.6 Å². The molecule has 0 unspecified atom stereocenters. The molecule has 5 aromatic heterocycles. The third-order valence-corrected chi connectivity index (χ3v) is 12.2. The average Bonchev–Trinajstić information content (AvgIpc) is 4.01. The largest absolute Gasteiger partial charge is 0.309 e. The third-order valence-electron chi connectivity index (χ3n) is 12.2. The highest BCUT2D eigenvalue weighted by atomic mass is 15.1. The molecule has 5 nitrogen and oxygen atoms in total.